The fraction of sp³-hybridized carbons (Fsp3) is 0.550. The standard InChI is InChI=1S/C20H24FN3O5/c1-11-8-24(9-12(2)28-11)18-13(10-25)7-15-17(23-29-19(15)16(18)21)20(26)22-14-3-5-27-6-4-14/h7,10-12,14H,3-6,8-9H2,1-2H3,(H,22,26)/t11-,12+. The van der Waals surface area contributed by atoms with Crippen molar-refractivity contribution in [3.8, 4) is 0 Å². The van der Waals surface area contributed by atoms with Crippen molar-refractivity contribution >= 4 is 28.8 Å². The van der Waals surface area contributed by atoms with Gasteiger partial charge in [0.05, 0.1) is 23.3 Å². The molecular weight excluding hydrogens is 381 g/mol. The molecule has 0 unspecified atom stereocenters. The number of ether oxygens (including phenoxy) is 2. The summed E-state index contributed by atoms with van der Waals surface area (Å²) in [5, 5.41) is 6.86. The van der Waals surface area contributed by atoms with Crippen molar-refractivity contribution in [3.63, 3.8) is 0 Å². The zero-order chi connectivity index (χ0) is 20.5. The van der Waals surface area contributed by atoms with Crippen LogP contribution in [0.3, 0.4) is 0 Å². The molecule has 2 atom stereocenters. The van der Waals surface area contributed by atoms with Crippen LogP contribution >= 0.6 is 0 Å². The van der Waals surface area contributed by atoms with Crippen LogP contribution in [0.4, 0.5) is 10.1 Å². The second-order valence-electron chi connectivity index (χ2n) is 7.68. The van der Waals surface area contributed by atoms with Crippen LogP contribution in [0.2, 0.25) is 0 Å². The highest BCUT2D eigenvalue weighted by Gasteiger charge is 2.30. The average Bonchev–Trinajstić information content (AvgIpc) is 3.12. The van der Waals surface area contributed by atoms with E-state index in [4.69, 9.17) is 14.0 Å². The molecule has 29 heavy (non-hydrogen) atoms. The maximum atomic E-state index is 15.4. The highest BCUT2D eigenvalue weighted by atomic mass is 19.1. The molecule has 0 saturated carbocycles. The molecule has 2 saturated heterocycles. The molecule has 0 radical (unpaired) electrons. The molecule has 1 N–H and O–H groups in total. The van der Waals surface area contributed by atoms with Crippen LogP contribution in [0, 0.1) is 5.82 Å². The van der Waals surface area contributed by atoms with Gasteiger partial charge in [-0.2, -0.15) is 0 Å². The van der Waals surface area contributed by atoms with Gasteiger partial charge in [0.1, 0.15) is 0 Å². The topological polar surface area (TPSA) is 93.9 Å². The molecule has 1 aromatic heterocycles. The summed E-state index contributed by atoms with van der Waals surface area (Å²) in [4.78, 5) is 26.2. The van der Waals surface area contributed by atoms with Crippen molar-refractivity contribution in [2.75, 3.05) is 31.2 Å². The van der Waals surface area contributed by atoms with Crippen molar-refractivity contribution in [1.29, 1.82) is 0 Å². The molecule has 156 valence electrons. The van der Waals surface area contributed by atoms with E-state index >= 15 is 4.39 Å². The van der Waals surface area contributed by atoms with Gasteiger partial charge in [0.15, 0.2) is 17.8 Å². The molecule has 8 nitrogen and oxygen atoms in total. The van der Waals surface area contributed by atoms with Gasteiger partial charge < -0.3 is 24.2 Å². The Balaban J connectivity index is 1.69. The number of aromatic nitrogens is 1. The van der Waals surface area contributed by atoms with Crippen LogP contribution < -0.4 is 10.2 Å². The van der Waals surface area contributed by atoms with Crippen LogP contribution in [-0.2, 0) is 9.47 Å². The smallest absolute Gasteiger partial charge is 0.274 e. The predicted octanol–water partition coefficient (Wildman–Crippen LogP) is 2.30. The summed E-state index contributed by atoms with van der Waals surface area (Å²) in [6, 6.07) is 1.44. The molecule has 1 amide bonds. The van der Waals surface area contributed by atoms with Gasteiger partial charge in [-0.1, -0.05) is 5.16 Å². The monoisotopic (exact) mass is 405 g/mol. The lowest BCUT2D eigenvalue weighted by Crippen LogP contribution is -2.46. The zero-order valence-electron chi connectivity index (χ0n) is 16.4. The van der Waals surface area contributed by atoms with Crippen LogP contribution in [-0.4, -0.2) is 61.9 Å². The van der Waals surface area contributed by atoms with Gasteiger partial charge in [-0.3, -0.25) is 9.59 Å². The maximum Gasteiger partial charge on any atom is 0.274 e. The number of fused-ring (bicyclic) bond motifs is 1. The number of hydrogen-bond donors (Lipinski definition) is 1. The fourth-order valence-corrected chi connectivity index (χ4v) is 4.08. The number of carbonyl (C=O) groups is 2. The normalized spacial score (nSPS) is 23.3. The first-order valence-electron chi connectivity index (χ1n) is 9.84. The third-order valence-electron chi connectivity index (χ3n) is 5.34. The number of amides is 1. The maximum absolute atomic E-state index is 15.4. The molecule has 2 aliphatic heterocycles. The van der Waals surface area contributed by atoms with Gasteiger partial charge in [0.25, 0.3) is 5.91 Å². The average molecular weight is 405 g/mol. The molecule has 2 fully saturated rings. The second kappa shape index (κ2) is 8.08. The molecule has 0 spiro atoms. The lowest BCUT2D eigenvalue weighted by atomic mass is 10.0. The van der Waals surface area contributed by atoms with E-state index in [0.29, 0.717) is 45.4 Å². The van der Waals surface area contributed by atoms with E-state index in [1.807, 2.05) is 13.8 Å². The van der Waals surface area contributed by atoms with Gasteiger partial charge >= 0.3 is 0 Å². The van der Waals surface area contributed by atoms with Crippen molar-refractivity contribution in [2.24, 2.45) is 0 Å². The number of morpholine rings is 1. The highest BCUT2D eigenvalue weighted by molar-refractivity contribution is 6.07. The van der Waals surface area contributed by atoms with Crippen LogP contribution in [0.5, 0.6) is 0 Å². The van der Waals surface area contributed by atoms with Crippen LogP contribution in [0.25, 0.3) is 11.0 Å². The Hall–Kier alpha value is -2.52. The van der Waals surface area contributed by atoms with Gasteiger partial charge in [-0.25, -0.2) is 4.39 Å². The van der Waals surface area contributed by atoms with E-state index in [-0.39, 0.29) is 46.2 Å². The van der Waals surface area contributed by atoms with E-state index in [9.17, 15) is 9.59 Å². The molecule has 4 rings (SSSR count). The van der Waals surface area contributed by atoms with Gasteiger partial charge in [0.2, 0.25) is 5.58 Å². The van der Waals surface area contributed by atoms with E-state index in [0.717, 1.165) is 0 Å². The van der Waals surface area contributed by atoms with E-state index in [1.165, 1.54) is 6.07 Å². The Kier molecular flexibility index (Phi) is 5.51. The molecular formula is C20H24FN3O5. The summed E-state index contributed by atoms with van der Waals surface area (Å²) in [6.07, 6.45) is 1.78. The Labute approximate surface area is 167 Å². The third kappa shape index (κ3) is 3.84. The number of nitrogens with zero attached hydrogens (tertiary/aromatic N) is 2. The summed E-state index contributed by atoms with van der Waals surface area (Å²) >= 11 is 0. The molecule has 1 aromatic carbocycles. The summed E-state index contributed by atoms with van der Waals surface area (Å²) < 4.78 is 31.5. The van der Waals surface area contributed by atoms with E-state index in [2.05, 4.69) is 10.5 Å². The fourth-order valence-electron chi connectivity index (χ4n) is 4.08. The summed E-state index contributed by atoms with van der Waals surface area (Å²) in [5.41, 5.74) is 0.153. The number of nitrogens with one attached hydrogen (secondary N) is 1. The minimum absolute atomic E-state index is 0.0243. The molecule has 2 aromatic rings. The van der Waals surface area contributed by atoms with Gasteiger partial charge in [-0.05, 0) is 32.8 Å². The number of halogens is 1. The second-order valence-corrected chi connectivity index (χ2v) is 7.68. The third-order valence-corrected chi connectivity index (χ3v) is 5.34. The summed E-state index contributed by atoms with van der Waals surface area (Å²) in [5.74, 6) is -1.14. The number of carbonyl (C=O) groups excluding carboxylic acids is 2. The highest BCUT2D eigenvalue weighted by Crippen LogP contribution is 2.34. The first-order chi connectivity index (χ1) is 14.0. The van der Waals surface area contributed by atoms with Crippen LogP contribution in [0.15, 0.2) is 10.6 Å². The lowest BCUT2D eigenvalue weighted by molar-refractivity contribution is -0.00543. The molecule has 9 heteroatoms. The Morgan fingerprint density at radius 2 is 1.97 bits per heavy atom. The van der Waals surface area contributed by atoms with Crippen molar-refractivity contribution < 1.29 is 28.0 Å². The number of benzene rings is 1. The quantitative estimate of drug-likeness (QED) is 0.780. The van der Waals surface area contributed by atoms with Crippen LogP contribution in [0.1, 0.15) is 47.5 Å². The van der Waals surface area contributed by atoms with Crippen molar-refractivity contribution in [3.05, 3.63) is 23.1 Å². The SMILES string of the molecule is C[C@@H]1CN(c2c(C=O)cc3c(C(=O)NC4CCOCC4)noc3c2F)C[C@H](C)O1. The Morgan fingerprint density at radius 1 is 1.28 bits per heavy atom. The minimum Gasteiger partial charge on any atom is -0.381 e. The Morgan fingerprint density at radius 3 is 2.62 bits per heavy atom. The lowest BCUT2D eigenvalue weighted by Gasteiger charge is -2.37. The number of hydrogen-bond acceptors (Lipinski definition) is 7. The number of anilines is 1. The van der Waals surface area contributed by atoms with Gasteiger partial charge in [0, 0.05) is 37.9 Å². The molecule has 2 aliphatic rings. The number of aldehydes is 1. The first kappa shape index (κ1) is 19.8. The predicted molar refractivity (Wildman–Crippen MR) is 103 cm³/mol. The van der Waals surface area contributed by atoms with Crippen molar-refractivity contribution in [1.82, 2.24) is 10.5 Å². The van der Waals surface area contributed by atoms with Crippen molar-refractivity contribution in [2.45, 2.75) is 44.9 Å². The summed E-state index contributed by atoms with van der Waals surface area (Å²) in [6.45, 7) is 5.83. The largest absolute Gasteiger partial charge is 0.381 e. The molecule has 0 bridgehead atoms. The summed E-state index contributed by atoms with van der Waals surface area (Å²) in [7, 11) is 0. The van der Waals surface area contributed by atoms with E-state index in [1.54, 1.807) is 4.90 Å². The van der Waals surface area contributed by atoms with E-state index < -0.39 is 11.7 Å². The number of rotatable bonds is 4. The minimum atomic E-state index is -0.691. The van der Waals surface area contributed by atoms with Gasteiger partial charge in [-0.15, -0.1) is 0 Å². The first-order valence-corrected chi connectivity index (χ1v) is 9.84. The zero-order valence-corrected chi connectivity index (χ0v) is 16.4. The molecule has 0 aliphatic carbocycles. The Bertz CT molecular complexity index is 914. The molecule has 3 heterocycles.